The number of hydrogen-bond donors (Lipinski definition) is 0. The molecule has 0 N–H and O–H groups in total. The molecule has 2 aromatic heterocycles. The van der Waals surface area contributed by atoms with Gasteiger partial charge < -0.3 is 9.13 Å². The van der Waals surface area contributed by atoms with Crippen molar-refractivity contribution in [2.45, 2.75) is 0 Å². The molecule has 5 heteroatoms. The van der Waals surface area contributed by atoms with Crippen molar-refractivity contribution in [1.29, 1.82) is 15.8 Å². The molecular weight excluding hydrogens is 611 g/mol. The molecule has 0 saturated heterocycles. The summed E-state index contributed by atoms with van der Waals surface area (Å²) in [6.07, 6.45) is 0. The molecule has 9 rings (SSSR count). The lowest BCUT2D eigenvalue weighted by molar-refractivity contribution is 1.17. The van der Waals surface area contributed by atoms with Crippen molar-refractivity contribution in [3.8, 4) is 51.8 Å². The van der Waals surface area contributed by atoms with Crippen molar-refractivity contribution in [2.24, 2.45) is 0 Å². The quantitative estimate of drug-likeness (QED) is 0.193. The zero-order chi connectivity index (χ0) is 33.8. The van der Waals surface area contributed by atoms with E-state index in [0.29, 0.717) is 16.7 Å². The Labute approximate surface area is 287 Å². The molecule has 50 heavy (non-hydrogen) atoms. The molecule has 0 amide bonds. The minimum Gasteiger partial charge on any atom is -0.309 e. The van der Waals surface area contributed by atoms with Gasteiger partial charge in [-0.1, -0.05) is 97.1 Å². The van der Waals surface area contributed by atoms with Crippen molar-refractivity contribution in [3.63, 3.8) is 0 Å². The van der Waals surface area contributed by atoms with Crippen LogP contribution in [0.3, 0.4) is 0 Å². The topological polar surface area (TPSA) is 81.2 Å². The van der Waals surface area contributed by atoms with Crippen LogP contribution in [0.1, 0.15) is 16.7 Å². The third-order valence-corrected chi connectivity index (χ3v) is 9.66. The largest absolute Gasteiger partial charge is 0.309 e. The average molecular weight is 636 g/mol. The fraction of sp³-hybridized carbons (Fsp3) is 0. The fourth-order valence-electron chi connectivity index (χ4n) is 7.50. The summed E-state index contributed by atoms with van der Waals surface area (Å²) in [5.74, 6) is 0. The van der Waals surface area contributed by atoms with E-state index in [4.69, 9.17) is 0 Å². The monoisotopic (exact) mass is 635 g/mol. The highest BCUT2D eigenvalue weighted by Crippen LogP contribution is 2.40. The number of rotatable bonds is 4. The molecule has 0 radical (unpaired) electrons. The van der Waals surface area contributed by atoms with Crippen LogP contribution in [0.25, 0.3) is 77.2 Å². The Morgan fingerprint density at radius 2 is 1.04 bits per heavy atom. The van der Waals surface area contributed by atoms with Crippen LogP contribution in [-0.4, -0.2) is 9.13 Å². The van der Waals surface area contributed by atoms with Gasteiger partial charge in [0.1, 0.15) is 12.1 Å². The van der Waals surface area contributed by atoms with Crippen molar-refractivity contribution in [1.82, 2.24) is 9.13 Å². The predicted molar refractivity (Wildman–Crippen MR) is 200 cm³/mol. The number of aromatic nitrogens is 2. The van der Waals surface area contributed by atoms with Crippen LogP contribution >= 0.6 is 0 Å². The van der Waals surface area contributed by atoms with Gasteiger partial charge in [-0.05, 0) is 60.2 Å². The first-order valence-electron chi connectivity index (χ1n) is 16.3. The first-order valence-corrected chi connectivity index (χ1v) is 16.3. The molecule has 5 nitrogen and oxygen atoms in total. The minimum absolute atomic E-state index is 0.558. The minimum atomic E-state index is 0.558. The summed E-state index contributed by atoms with van der Waals surface area (Å²) >= 11 is 0. The van der Waals surface area contributed by atoms with Gasteiger partial charge in [-0.15, -0.1) is 0 Å². The van der Waals surface area contributed by atoms with Crippen LogP contribution in [0.2, 0.25) is 0 Å². The lowest BCUT2D eigenvalue weighted by atomic mass is 9.91. The van der Waals surface area contributed by atoms with Gasteiger partial charge in [-0.3, -0.25) is 0 Å². The van der Waals surface area contributed by atoms with Gasteiger partial charge in [0, 0.05) is 43.9 Å². The van der Waals surface area contributed by atoms with Crippen molar-refractivity contribution in [2.75, 3.05) is 0 Å². The first kappa shape index (κ1) is 28.8. The Hall–Kier alpha value is -7.39. The van der Waals surface area contributed by atoms with Crippen LogP contribution < -0.4 is 0 Å². The maximum Gasteiger partial charge on any atom is 0.101 e. The second-order valence-electron chi connectivity index (χ2n) is 12.3. The van der Waals surface area contributed by atoms with Gasteiger partial charge in [0.25, 0.3) is 0 Å². The molecule has 0 aliphatic heterocycles. The summed E-state index contributed by atoms with van der Waals surface area (Å²) in [6, 6.07) is 57.8. The van der Waals surface area contributed by atoms with Gasteiger partial charge >= 0.3 is 0 Å². The van der Waals surface area contributed by atoms with E-state index >= 15 is 0 Å². The molecule has 0 aliphatic rings. The summed E-state index contributed by atoms with van der Waals surface area (Å²) in [7, 11) is 0. The SMILES string of the molecule is N#Cc1ccc2c(c1)c1cccc(C#N)c1n2-c1ccc(-c2cccc(-c3ccccc3-n3c4ccccc4c4ccccc43)c2C#N)cc1. The summed E-state index contributed by atoms with van der Waals surface area (Å²) < 4.78 is 4.38. The van der Waals surface area contributed by atoms with Crippen LogP contribution in [0.5, 0.6) is 0 Å². The second-order valence-corrected chi connectivity index (χ2v) is 12.3. The number of benzene rings is 7. The number of nitrogens with zero attached hydrogens (tertiary/aromatic N) is 5. The average Bonchev–Trinajstić information content (AvgIpc) is 3.70. The Kier molecular flexibility index (Phi) is 6.56. The molecule has 0 bridgehead atoms. The molecule has 0 saturated carbocycles. The second kappa shape index (κ2) is 11.4. The summed E-state index contributed by atoms with van der Waals surface area (Å²) in [4.78, 5) is 0. The van der Waals surface area contributed by atoms with Crippen LogP contribution in [-0.2, 0) is 0 Å². The van der Waals surface area contributed by atoms with Gasteiger partial charge in [0.15, 0.2) is 0 Å². The number of para-hydroxylation sites is 4. The third kappa shape index (κ3) is 4.24. The van der Waals surface area contributed by atoms with E-state index in [9.17, 15) is 15.8 Å². The Bertz CT molecular complexity index is 2900. The molecule has 9 aromatic rings. The van der Waals surface area contributed by atoms with Gasteiger partial charge in [-0.2, -0.15) is 15.8 Å². The fourth-order valence-corrected chi connectivity index (χ4v) is 7.50. The van der Waals surface area contributed by atoms with E-state index in [-0.39, 0.29) is 0 Å². The van der Waals surface area contributed by atoms with Crippen LogP contribution in [0.4, 0.5) is 0 Å². The number of nitriles is 3. The maximum atomic E-state index is 10.7. The van der Waals surface area contributed by atoms with E-state index in [2.05, 4.69) is 88.0 Å². The molecule has 0 fully saturated rings. The maximum absolute atomic E-state index is 10.7. The van der Waals surface area contributed by atoms with Crippen molar-refractivity contribution < 1.29 is 0 Å². The highest BCUT2D eigenvalue weighted by molar-refractivity contribution is 6.12. The van der Waals surface area contributed by atoms with E-state index < -0.39 is 0 Å². The zero-order valence-corrected chi connectivity index (χ0v) is 26.7. The summed E-state index contributed by atoms with van der Waals surface area (Å²) in [5, 5.41) is 34.5. The van der Waals surface area contributed by atoms with Crippen LogP contribution in [0.15, 0.2) is 152 Å². The zero-order valence-electron chi connectivity index (χ0n) is 26.7. The highest BCUT2D eigenvalue weighted by Gasteiger charge is 2.20. The molecule has 0 atom stereocenters. The lowest BCUT2D eigenvalue weighted by Crippen LogP contribution is -1.99. The van der Waals surface area contributed by atoms with E-state index in [1.807, 2.05) is 84.9 Å². The highest BCUT2D eigenvalue weighted by atomic mass is 15.0. The van der Waals surface area contributed by atoms with E-state index in [0.717, 1.165) is 66.5 Å². The Morgan fingerprint density at radius 3 is 1.76 bits per heavy atom. The van der Waals surface area contributed by atoms with Crippen molar-refractivity contribution in [3.05, 3.63) is 168 Å². The summed E-state index contributed by atoms with van der Waals surface area (Å²) in [6.45, 7) is 0. The van der Waals surface area contributed by atoms with Gasteiger partial charge in [0.2, 0.25) is 0 Å². The molecule has 0 aliphatic carbocycles. The standard InChI is InChI=1S/C45H25N5/c46-26-29-19-24-44-39(25-29)38-15-7-9-31(27-47)45(38)49(44)32-22-20-30(21-23-32)33-13-8-14-34(40(33)28-48)35-10-1-4-16-41(35)50-42-17-5-2-11-36(42)37-12-3-6-18-43(37)50/h1-25H. The van der Waals surface area contributed by atoms with Crippen molar-refractivity contribution >= 4 is 43.6 Å². The Balaban J connectivity index is 1.20. The molecular formula is C45H25N5. The van der Waals surface area contributed by atoms with Gasteiger partial charge in [0.05, 0.1) is 50.5 Å². The predicted octanol–water partition coefficient (Wildman–Crippen LogP) is 10.8. The number of hydrogen-bond acceptors (Lipinski definition) is 3. The molecule has 0 spiro atoms. The molecule has 0 unspecified atom stereocenters. The molecule has 7 aromatic carbocycles. The third-order valence-electron chi connectivity index (χ3n) is 9.66. The number of fused-ring (bicyclic) bond motifs is 6. The lowest BCUT2D eigenvalue weighted by Gasteiger charge is -2.17. The van der Waals surface area contributed by atoms with Gasteiger partial charge in [-0.25, -0.2) is 0 Å². The molecule has 2 heterocycles. The molecule has 230 valence electrons. The van der Waals surface area contributed by atoms with Crippen LogP contribution in [0, 0.1) is 34.0 Å². The smallest absolute Gasteiger partial charge is 0.101 e. The Morgan fingerprint density at radius 1 is 0.420 bits per heavy atom. The summed E-state index contributed by atoms with van der Waals surface area (Å²) in [5.41, 5.74) is 11.1. The first-order chi connectivity index (χ1) is 24.7. The van der Waals surface area contributed by atoms with E-state index in [1.165, 1.54) is 10.8 Å². The normalized spacial score (nSPS) is 11.1. The van der Waals surface area contributed by atoms with E-state index in [1.54, 1.807) is 6.07 Å².